The number of rotatable bonds is 21. The van der Waals surface area contributed by atoms with Crippen LogP contribution in [0.4, 0.5) is 11.4 Å². The fourth-order valence-corrected chi connectivity index (χ4v) is 10.4. The van der Waals surface area contributed by atoms with Gasteiger partial charge >= 0.3 is 35.5 Å². The molecule has 0 radical (unpaired) electrons. The number of methoxy groups -OCH3 is 1. The molecule has 4 heterocycles. The number of hydrogen-bond donors (Lipinski definition) is 1. The zero-order chi connectivity index (χ0) is 51.1. The van der Waals surface area contributed by atoms with E-state index in [9.17, 15) is 40.3 Å². The summed E-state index contributed by atoms with van der Waals surface area (Å²) in [6.07, 6.45) is 17.3. The molecule has 4 aliphatic heterocycles. The van der Waals surface area contributed by atoms with Crippen LogP contribution in [0.15, 0.2) is 120 Å². The van der Waals surface area contributed by atoms with Crippen molar-refractivity contribution in [2.24, 2.45) is 0 Å². The van der Waals surface area contributed by atoms with Crippen LogP contribution in [0.5, 0.6) is 5.75 Å². The number of hydrogen-bond acceptors (Lipinski definition) is 13. The maximum absolute atomic E-state index is 12.8. The van der Waals surface area contributed by atoms with Crippen molar-refractivity contribution in [2.45, 2.75) is 82.1 Å². The van der Waals surface area contributed by atoms with Gasteiger partial charge in [-0.25, -0.2) is 13.2 Å². The minimum absolute atomic E-state index is 0. The van der Waals surface area contributed by atoms with Crippen LogP contribution in [0.3, 0.4) is 0 Å². The number of ether oxygens (including phenoxy) is 3. The molecule has 4 aliphatic rings. The Labute approximate surface area is 443 Å². The summed E-state index contributed by atoms with van der Waals surface area (Å²) in [6.45, 7) is 10.6. The number of amides is 2. The van der Waals surface area contributed by atoms with Gasteiger partial charge in [-0.3, -0.25) is 14.1 Å². The molecule has 19 heteroatoms. The van der Waals surface area contributed by atoms with Gasteiger partial charge in [-0.05, 0) is 76.0 Å². The number of fused-ring (bicyclic) bond motifs is 3. The number of carbonyl (C=O) groups is 3. The molecule has 1 atom stereocenters. The maximum Gasteiger partial charge on any atom is 1.00 e. The van der Waals surface area contributed by atoms with Crippen LogP contribution in [0.1, 0.15) is 88.5 Å². The number of carbonyl (C=O) groups excluding carboxylic acids is 3. The molecule has 1 saturated heterocycles. The van der Waals surface area contributed by atoms with E-state index in [0.717, 1.165) is 33.5 Å². The quantitative estimate of drug-likeness (QED) is 0.0378. The Kier molecular flexibility index (Phi) is 18.5. The second-order valence-electron chi connectivity index (χ2n) is 18.4. The average molecular weight is 1030 g/mol. The van der Waals surface area contributed by atoms with Gasteiger partial charge in [-0.15, -0.1) is 5.06 Å². The van der Waals surface area contributed by atoms with Crippen molar-refractivity contribution in [1.29, 1.82) is 0 Å². The first-order valence-electron chi connectivity index (χ1n) is 23.4. The number of imide groups is 1. The molecule has 0 saturated carbocycles. The standard InChI is InChI=1S/C53H59N3O13S2.Na/c1-37-36-52(2,3)55(27-28-67-30-29-66-5)45-35-47-42(34-41(37)45)39(32-46(68-47)38-16-11-9-12-17-38)18-10-7-6-8-13-19-48-53(4,25-14-20-51(59)69-56-49(57)23-24-50(56)58)43-33-40(71(63,64)65)21-22-44(43)54(48)26-15-31-70(60,61)62;/h6-13,16-19,21-22,32-36H,14-15,20,23-31H2,1-5H3,(H-,60,61,62,63,64,65);/q;+1. The Balaban J connectivity index is 0.00000847. The van der Waals surface area contributed by atoms with Crippen molar-refractivity contribution >= 4 is 72.0 Å². The van der Waals surface area contributed by atoms with E-state index in [1.54, 1.807) is 29.9 Å². The van der Waals surface area contributed by atoms with Gasteiger partial charge in [0.25, 0.3) is 21.9 Å². The van der Waals surface area contributed by atoms with Crippen LogP contribution < -0.4 is 39.2 Å². The van der Waals surface area contributed by atoms with Crippen molar-refractivity contribution in [2.75, 3.05) is 50.7 Å². The van der Waals surface area contributed by atoms with Crippen LogP contribution in [0.2, 0.25) is 0 Å². The Hall–Kier alpha value is -5.28. The third kappa shape index (κ3) is 13.3. The first-order chi connectivity index (χ1) is 33.7. The molecule has 0 bridgehead atoms. The molecule has 0 aliphatic carbocycles. The fourth-order valence-electron chi connectivity index (χ4n) is 9.46. The van der Waals surface area contributed by atoms with Crippen molar-refractivity contribution in [3.05, 3.63) is 138 Å². The Morgan fingerprint density at radius 3 is 2.31 bits per heavy atom. The predicted molar refractivity (Wildman–Crippen MR) is 268 cm³/mol. The van der Waals surface area contributed by atoms with E-state index in [1.165, 1.54) is 18.2 Å². The van der Waals surface area contributed by atoms with Gasteiger partial charge in [0, 0.05) is 85.5 Å². The smallest absolute Gasteiger partial charge is 0.744 e. The van der Waals surface area contributed by atoms with Crippen molar-refractivity contribution in [3.8, 4) is 5.75 Å². The van der Waals surface area contributed by atoms with E-state index < -0.39 is 54.1 Å². The molecular weight excluding hydrogens is 974 g/mol. The molecule has 3 aromatic rings. The summed E-state index contributed by atoms with van der Waals surface area (Å²) in [5, 5.41) is 0.471. The number of benzene rings is 3. The van der Waals surface area contributed by atoms with Crippen LogP contribution in [0.25, 0.3) is 16.9 Å². The molecule has 0 aromatic heterocycles. The van der Waals surface area contributed by atoms with E-state index in [4.69, 9.17) is 19.0 Å². The molecule has 376 valence electrons. The molecule has 2 amide bonds. The van der Waals surface area contributed by atoms with Gasteiger partial charge in [0.2, 0.25) is 5.69 Å². The normalized spacial score (nSPS) is 19.2. The average Bonchev–Trinajstić information content (AvgIpc) is 3.74. The molecule has 7 rings (SSSR count). The minimum Gasteiger partial charge on any atom is -0.744 e. The summed E-state index contributed by atoms with van der Waals surface area (Å²) in [5.74, 6) is -1.18. The minimum atomic E-state index is -4.89. The first-order valence-corrected chi connectivity index (χ1v) is 26.4. The van der Waals surface area contributed by atoms with E-state index in [0.29, 0.717) is 59.9 Å². The molecule has 1 fully saturated rings. The summed E-state index contributed by atoms with van der Waals surface area (Å²) in [7, 11) is -7.56. The number of anilines is 1. The second-order valence-corrected chi connectivity index (χ2v) is 21.3. The number of allylic oxidation sites excluding steroid dienone is 10. The molecule has 0 spiro atoms. The van der Waals surface area contributed by atoms with Crippen LogP contribution in [0, 0.1) is 0 Å². The largest absolute Gasteiger partial charge is 1.00 e. The van der Waals surface area contributed by atoms with E-state index in [-0.39, 0.29) is 80.2 Å². The molecule has 72 heavy (non-hydrogen) atoms. The summed E-state index contributed by atoms with van der Waals surface area (Å²) in [6, 6.07) is 18.1. The van der Waals surface area contributed by atoms with E-state index in [1.807, 2.05) is 67.6 Å². The Morgan fingerprint density at radius 2 is 1.61 bits per heavy atom. The van der Waals surface area contributed by atoms with Crippen LogP contribution >= 0.6 is 0 Å². The summed E-state index contributed by atoms with van der Waals surface area (Å²) >= 11 is 0. The van der Waals surface area contributed by atoms with Gasteiger partial charge in [0.15, 0.2) is 5.71 Å². The Morgan fingerprint density at radius 1 is 0.903 bits per heavy atom. The van der Waals surface area contributed by atoms with Crippen molar-refractivity contribution in [1.82, 2.24) is 5.06 Å². The van der Waals surface area contributed by atoms with Gasteiger partial charge in [-0.2, -0.15) is 13.0 Å². The number of hydroxylamine groups is 2. The van der Waals surface area contributed by atoms with Gasteiger partial charge in [0.1, 0.15) is 28.2 Å². The molecule has 3 aromatic carbocycles. The summed E-state index contributed by atoms with van der Waals surface area (Å²) in [5.41, 5.74) is 6.28. The SMILES string of the molecule is COCCOCCN1c2cc3c(cc2C(C)=CC1(C)C)C(=CC=CC=CC=CC1=[N+](CCCS(=O)(=O)O)c2ccc(S(=O)(=O)[O-])cc2C1(C)CCCC(=O)ON1C(=O)CCC1=O)C=C(c1ccccc1)O3.[Na+]. The van der Waals surface area contributed by atoms with E-state index in [2.05, 4.69) is 43.9 Å². The summed E-state index contributed by atoms with van der Waals surface area (Å²) < 4.78 is 89.4. The summed E-state index contributed by atoms with van der Waals surface area (Å²) in [4.78, 5) is 43.9. The monoisotopic (exact) mass is 1030 g/mol. The van der Waals surface area contributed by atoms with Gasteiger partial charge < -0.3 is 28.5 Å². The zero-order valence-corrected chi connectivity index (χ0v) is 45.1. The van der Waals surface area contributed by atoms with E-state index >= 15 is 0 Å². The third-order valence-electron chi connectivity index (χ3n) is 12.9. The second kappa shape index (κ2) is 23.7. The zero-order valence-electron chi connectivity index (χ0n) is 41.5. The van der Waals surface area contributed by atoms with Crippen molar-refractivity contribution in [3.63, 3.8) is 0 Å². The van der Waals surface area contributed by atoms with Gasteiger partial charge in [-0.1, -0.05) is 72.9 Å². The Bertz CT molecular complexity index is 3010. The fraction of sp³-hybridized carbons (Fsp3) is 0.358. The predicted octanol–water partition coefficient (Wildman–Crippen LogP) is 4.86. The topological polar surface area (TPSA) is 209 Å². The molecule has 16 nitrogen and oxygen atoms in total. The maximum atomic E-state index is 12.8. The van der Waals surface area contributed by atoms with Crippen molar-refractivity contribution < 1.29 is 93.5 Å². The van der Waals surface area contributed by atoms with Crippen LogP contribution in [-0.4, -0.2) is 110 Å². The first kappa shape index (κ1) is 56.0. The third-order valence-corrected chi connectivity index (χ3v) is 14.5. The van der Waals surface area contributed by atoms with Crippen LogP contribution in [-0.2, 0) is 54.3 Å². The van der Waals surface area contributed by atoms with Gasteiger partial charge in [0.05, 0.1) is 41.4 Å². The molecular formula is C53H59N3NaO13S2+. The number of nitrogens with zero attached hydrogens (tertiary/aromatic N) is 3. The molecule has 1 N–H and O–H groups in total. The molecule has 1 unspecified atom stereocenters.